The van der Waals surface area contributed by atoms with E-state index in [2.05, 4.69) is 198 Å². The van der Waals surface area contributed by atoms with Gasteiger partial charge in [-0.1, -0.05) is 146 Å². The van der Waals surface area contributed by atoms with Gasteiger partial charge in [0.05, 0.1) is 22.8 Å². The van der Waals surface area contributed by atoms with Crippen LogP contribution in [0.3, 0.4) is 0 Å². The van der Waals surface area contributed by atoms with Gasteiger partial charge in [-0.05, 0) is 119 Å². The molecule has 6 aromatic carbocycles. The van der Waals surface area contributed by atoms with Gasteiger partial charge in [0.1, 0.15) is 5.75 Å². The topological polar surface area (TPSA) is 77.6 Å². The van der Waals surface area contributed by atoms with Crippen molar-refractivity contribution >= 4 is 45.9 Å². The summed E-state index contributed by atoms with van der Waals surface area (Å²) in [4.78, 5) is 18.9. The summed E-state index contributed by atoms with van der Waals surface area (Å²) in [7, 11) is 0. The predicted molar refractivity (Wildman–Crippen MR) is 262 cm³/mol. The van der Waals surface area contributed by atoms with Crippen LogP contribution in [0.25, 0.3) is 102 Å². The Morgan fingerprint density at radius 1 is 0.365 bits per heavy atom. The van der Waals surface area contributed by atoms with Crippen molar-refractivity contribution in [1.82, 2.24) is 19.9 Å². The second-order valence-electron chi connectivity index (χ2n) is 16.2. The van der Waals surface area contributed by atoms with Gasteiger partial charge in [0.25, 0.3) is 0 Å². The number of H-pyrrole nitrogens is 2. The number of rotatable bonds is 6. The molecule has 11 rings (SSSR count). The van der Waals surface area contributed by atoms with E-state index < -0.39 is 0 Å². The zero-order valence-corrected chi connectivity index (χ0v) is 34.9. The van der Waals surface area contributed by atoms with Crippen LogP contribution in [0.4, 0.5) is 0 Å². The number of nitrogens with zero attached hydrogens (tertiary/aromatic N) is 2. The fourth-order valence-corrected chi connectivity index (χ4v) is 9.10. The fourth-order valence-electron chi connectivity index (χ4n) is 9.10. The Kier molecular flexibility index (Phi) is 9.36. The Labute approximate surface area is 366 Å². The molecular formula is C58H42N4O. The number of hydrogen-bond acceptors (Lipinski definition) is 3. The molecule has 5 nitrogen and oxygen atoms in total. The van der Waals surface area contributed by atoms with Crippen molar-refractivity contribution in [2.75, 3.05) is 0 Å². The van der Waals surface area contributed by atoms with Gasteiger partial charge in [-0.3, -0.25) is 0 Å². The second kappa shape index (κ2) is 15.6. The van der Waals surface area contributed by atoms with Gasteiger partial charge < -0.3 is 15.1 Å². The van der Waals surface area contributed by atoms with Crippen LogP contribution in [-0.2, 0) is 0 Å². The molecule has 0 saturated carbocycles. The molecule has 0 fully saturated rings. The van der Waals surface area contributed by atoms with E-state index in [0.29, 0.717) is 5.75 Å². The first-order valence-corrected chi connectivity index (χ1v) is 21.3. The third-order valence-electron chi connectivity index (χ3n) is 12.1. The van der Waals surface area contributed by atoms with Crippen LogP contribution in [0.2, 0.25) is 0 Å². The number of benzene rings is 6. The molecule has 5 heterocycles. The maximum absolute atomic E-state index is 10.5. The minimum Gasteiger partial charge on any atom is -0.507 e. The summed E-state index contributed by atoms with van der Waals surface area (Å²) in [5.41, 5.74) is 21.5. The molecule has 3 N–H and O–H groups in total. The number of aromatic amines is 2. The summed E-state index contributed by atoms with van der Waals surface area (Å²) in [6.45, 7) is 3.90. The van der Waals surface area contributed by atoms with Crippen LogP contribution in [0.1, 0.15) is 39.5 Å². The molecule has 2 aliphatic heterocycles. The van der Waals surface area contributed by atoms with Crippen LogP contribution < -0.4 is 0 Å². The number of hydrogen-bond donors (Lipinski definition) is 3. The molecule has 63 heavy (non-hydrogen) atoms. The molecule has 300 valence electrons. The van der Waals surface area contributed by atoms with E-state index in [-0.39, 0.29) is 0 Å². The first-order valence-electron chi connectivity index (χ1n) is 21.3. The average molecular weight is 811 g/mol. The van der Waals surface area contributed by atoms with Gasteiger partial charge in [0.15, 0.2) is 0 Å². The molecule has 9 aromatic rings. The molecule has 2 aliphatic rings. The maximum atomic E-state index is 10.5. The molecule has 0 radical (unpaired) electrons. The number of nitrogens with one attached hydrogen (secondary N) is 2. The highest BCUT2D eigenvalue weighted by molar-refractivity contribution is 6.05. The summed E-state index contributed by atoms with van der Waals surface area (Å²) in [5.74, 6) is 0.339. The van der Waals surface area contributed by atoms with E-state index in [9.17, 15) is 5.11 Å². The number of fused-ring (bicyclic) bond motifs is 8. The molecule has 0 aliphatic carbocycles. The van der Waals surface area contributed by atoms with Crippen LogP contribution in [0, 0.1) is 13.8 Å². The lowest BCUT2D eigenvalue weighted by Gasteiger charge is -2.11. The third-order valence-corrected chi connectivity index (χ3v) is 12.1. The Bertz CT molecular complexity index is 3410. The Balaban J connectivity index is 1.28. The normalized spacial score (nSPS) is 12.1. The van der Waals surface area contributed by atoms with E-state index in [4.69, 9.17) is 9.97 Å². The molecule has 0 atom stereocenters. The third kappa shape index (κ3) is 6.86. The lowest BCUT2D eigenvalue weighted by Crippen LogP contribution is -1.92. The largest absolute Gasteiger partial charge is 0.507 e. The van der Waals surface area contributed by atoms with E-state index in [0.717, 1.165) is 123 Å². The molecule has 3 aromatic heterocycles. The van der Waals surface area contributed by atoms with Gasteiger partial charge in [-0.15, -0.1) is 0 Å². The van der Waals surface area contributed by atoms with Crippen LogP contribution in [0.15, 0.2) is 182 Å². The lowest BCUT2D eigenvalue weighted by molar-refractivity contribution is 0.467. The number of phenolic OH excluding ortho intramolecular Hbond substituents is 1. The molecule has 5 heteroatoms. The summed E-state index contributed by atoms with van der Waals surface area (Å²) in [6, 6.07) is 63.6. The van der Waals surface area contributed by atoms with Gasteiger partial charge in [0.2, 0.25) is 0 Å². The highest BCUT2D eigenvalue weighted by atomic mass is 16.3. The molecule has 0 amide bonds. The Morgan fingerprint density at radius 2 is 0.746 bits per heavy atom. The van der Waals surface area contributed by atoms with Crippen LogP contribution in [0.5, 0.6) is 5.75 Å². The monoisotopic (exact) mass is 810 g/mol. The SMILES string of the molecule is Cc1cc(-c2ccc(C3=Cc4nc3c(-c3ccccc3)c3ccc([nH]3)c(-c3ccccc3)c3nc(c(-c5ccccc5)c5ccc([nH]5)c4-c4ccccc4)C=C3)cc2)cc(C)c1O. The first-order chi connectivity index (χ1) is 31.0. The van der Waals surface area contributed by atoms with Gasteiger partial charge in [-0.2, -0.15) is 0 Å². The van der Waals surface area contributed by atoms with Crippen molar-refractivity contribution in [2.45, 2.75) is 13.8 Å². The minimum atomic E-state index is 0.339. The Morgan fingerprint density at radius 3 is 1.19 bits per heavy atom. The maximum Gasteiger partial charge on any atom is 0.121 e. The van der Waals surface area contributed by atoms with Crippen molar-refractivity contribution in [2.24, 2.45) is 0 Å². The van der Waals surface area contributed by atoms with Crippen LogP contribution in [-0.4, -0.2) is 25.0 Å². The van der Waals surface area contributed by atoms with Crippen molar-refractivity contribution in [3.63, 3.8) is 0 Å². The van der Waals surface area contributed by atoms with E-state index in [1.165, 1.54) is 0 Å². The first kappa shape index (κ1) is 37.7. The Hall–Kier alpha value is -8.28. The lowest BCUT2D eigenvalue weighted by atomic mass is 9.93. The predicted octanol–water partition coefficient (Wildman–Crippen LogP) is 14.7. The average Bonchev–Trinajstić information content (AvgIpc) is 4.17. The van der Waals surface area contributed by atoms with Gasteiger partial charge in [-0.25, -0.2) is 9.97 Å². The summed E-state index contributed by atoms with van der Waals surface area (Å²) in [5, 5.41) is 10.5. The zero-order valence-electron chi connectivity index (χ0n) is 34.9. The number of aryl methyl sites for hydroxylation is 2. The number of aromatic nitrogens is 4. The summed E-state index contributed by atoms with van der Waals surface area (Å²) >= 11 is 0. The van der Waals surface area contributed by atoms with Crippen molar-refractivity contribution in [3.8, 4) is 61.4 Å². The number of phenols is 1. The van der Waals surface area contributed by atoms with E-state index in [1.807, 2.05) is 26.0 Å². The standard InChI is InChI=1S/C58H42N4O/c1-36-33-44(34-37(2)58(36)63)38-23-25-39(26-24-38)45-35-52-55(42-19-11-5-12-20-42)50-30-29-48(60-50)53(40-15-7-3-8-16-40)46-27-28-47(59-46)54(41-17-9-4-10-18-41)49-31-32-51(61-49)56(57(45)62-52)43-21-13-6-14-22-43/h3-35,60-61,63H,1-2H3. The smallest absolute Gasteiger partial charge is 0.121 e. The highest BCUT2D eigenvalue weighted by Gasteiger charge is 2.23. The number of aromatic hydroxyl groups is 1. The molecule has 0 saturated heterocycles. The zero-order chi connectivity index (χ0) is 42.4. The van der Waals surface area contributed by atoms with Crippen molar-refractivity contribution < 1.29 is 5.11 Å². The molecule has 0 unspecified atom stereocenters. The fraction of sp³-hybridized carbons (Fsp3) is 0.0345. The summed E-state index contributed by atoms with van der Waals surface area (Å²) in [6.07, 6.45) is 6.53. The highest BCUT2D eigenvalue weighted by Crippen LogP contribution is 2.42. The van der Waals surface area contributed by atoms with Gasteiger partial charge >= 0.3 is 0 Å². The van der Waals surface area contributed by atoms with Crippen LogP contribution >= 0.6 is 0 Å². The molecule has 0 spiro atoms. The quantitative estimate of drug-likeness (QED) is 0.157. The molecule has 8 bridgehead atoms. The summed E-state index contributed by atoms with van der Waals surface area (Å²) < 4.78 is 0. The van der Waals surface area contributed by atoms with E-state index in [1.54, 1.807) is 0 Å². The van der Waals surface area contributed by atoms with Crippen molar-refractivity contribution in [1.29, 1.82) is 0 Å². The van der Waals surface area contributed by atoms with Gasteiger partial charge in [0, 0.05) is 49.9 Å². The van der Waals surface area contributed by atoms with Crippen molar-refractivity contribution in [3.05, 3.63) is 221 Å². The molecular weight excluding hydrogens is 769 g/mol. The van der Waals surface area contributed by atoms with E-state index >= 15 is 0 Å². The minimum absolute atomic E-state index is 0.339. The second-order valence-corrected chi connectivity index (χ2v) is 16.2.